The molecule has 5 nitrogen and oxygen atoms in total. The number of likely N-dealkylation sites (tertiary alicyclic amines) is 1. The highest BCUT2D eigenvalue weighted by atomic mass is 16.6. The number of nitro groups is 1. The van der Waals surface area contributed by atoms with Crippen molar-refractivity contribution in [2.24, 2.45) is 23.7 Å². The van der Waals surface area contributed by atoms with Gasteiger partial charge in [-0.15, -0.1) is 0 Å². The molecule has 0 aromatic rings. The molecule has 0 aromatic heterocycles. The predicted octanol–water partition coefficient (Wildman–Crippen LogP) is 4.13. The van der Waals surface area contributed by atoms with Crippen LogP contribution in [0.25, 0.3) is 0 Å². The average Bonchev–Trinajstić information content (AvgIpc) is 3.53. The van der Waals surface area contributed by atoms with Crippen molar-refractivity contribution in [1.29, 1.82) is 0 Å². The minimum Gasteiger partial charge on any atom is -0.374 e. The van der Waals surface area contributed by atoms with E-state index < -0.39 is 6.04 Å². The third-order valence-corrected chi connectivity index (χ3v) is 8.07. The van der Waals surface area contributed by atoms with Gasteiger partial charge in [-0.05, 0) is 68.9 Å². The van der Waals surface area contributed by atoms with E-state index in [1.807, 2.05) is 0 Å². The van der Waals surface area contributed by atoms with E-state index in [0.717, 1.165) is 30.6 Å². The lowest BCUT2D eigenvalue weighted by atomic mass is 9.73. The first-order valence-corrected chi connectivity index (χ1v) is 11.1. The van der Waals surface area contributed by atoms with Gasteiger partial charge in [0.25, 0.3) is 0 Å². The number of methoxy groups -OCH3 is 1. The van der Waals surface area contributed by atoms with Crippen molar-refractivity contribution in [2.45, 2.75) is 88.8 Å². The lowest BCUT2D eigenvalue weighted by Crippen LogP contribution is -2.55. The number of ether oxygens (including phenoxy) is 1. The molecule has 0 radical (unpaired) electrons. The highest BCUT2D eigenvalue weighted by Crippen LogP contribution is 2.47. The first kappa shape index (κ1) is 18.7. The summed E-state index contributed by atoms with van der Waals surface area (Å²) in [5.41, 5.74) is 0. The number of hydrogen-bond donors (Lipinski definition) is 0. The van der Waals surface area contributed by atoms with E-state index in [9.17, 15) is 10.1 Å². The molecule has 5 heteroatoms. The summed E-state index contributed by atoms with van der Waals surface area (Å²) in [6, 6.07) is 0.0117. The Labute approximate surface area is 158 Å². The summed E-state index contributed by atoms with van der Waals surface area (Å²) in [7, 11) is 1.66. The number of nitrogens with zero attached hydrogens (tertiary/aromatic N) is 2. The zero-order valence-corrected chi connectivity index (χ0v) is 16.4. The zero-order valence-electron chi connectivity index (χ0n) is 16.4. The third-order valence-electron chi connectivity index (χ3n) is 8.07. The van der Waals surface area contributed by atoms with Gasteiger partial charge in [0.2, 0.25) is 6.04 Å². The SMILES string of the molecule is COC1CC(N2CCC(C3CCCCC3)CC2)C(C2CC2)CC1[N+](=O)[O-]. The van der Waals surface area contributed by atoms with Gasteiger partial charge in [0.1, 0.15) is 6.10 Å². The van der Waals surface area contributed by atoms with E-state index in [4.69, 9.17) is 4.74 Å². The van der Waals surface area contributed by atoms with E-state index in [1.54, 1.807) is 7.11 Å². The summed E-state index contributed by atoms with van der Waals surface area (Å²) in [6.45, 7) is 2.41. The van der Waals surface area contributed by atoms with Crippen LogP contribution in [-0.2, 0) is 4.74 Å². The highest BCUT2D eigenvalue weighted by molar-refractivity contribution is 4.99. The van der Waals surface area contributed by atoms with Crippen LogP contribution in [0.15, 0.2) is 0 Å². The van der Waals surface area contributed by atoms with Gasteiger partial charge in [-0.1, -0.05) is 32.1 Å². The summed E-state index contributed by atoms with van der Waals surface area (Å²) >= 11 is 0. The van der Waals surface area contributed by atoms with Gasteiger partial charge in [-0.2, -0.15) is 0 Å². The Kier molecular flexibility index (Phi) is 5.84. The van der Waals surface area contributed by atoms with Crippen molar-refractivity contribution in [3.8, 4) is 0 Å². The van der Waals surface area contributed by atoms with E-state index in [-0.39, 0.29) is 11.0 Å². The molecule has 0 spiro atoms. The monoisotopic (exact) mass is 364 g/mol. The van der Waals surface area contributed by atoms with Crippen molar-refractivity contribution in [1.82, 2.24) is 4.90 Å². The molecule has 0 N–H and O–H groups in total. The van der Waals surface area contributed by atoms with E-state index in [2.05, 4.69) is 4.90 Å². The van der Waals surface area contributed by atoms with Crippen LogP contribution in [-0.4, -0.2) is 48.2 Å². The molecule has 4 unspecified atom stereocenters. The standard InChI is InChI=1S/C21H36N2O3/c1-26-21-14-19(18(17-7-8-17)13-20(21)23(24)25)22-11-9-16(10-12-22)15-5-3-2-4-6-15/h15-21H,2-14H2,1H3. The Hall–Kier alpha value is -0.680. The molecular weight excluding hydrogens is 328 g/mol. The first-order chi connectivity index (χ1) is 12.7. The first-order valence-electron chi connectivity index (χ1n) is 11.1. The minimum atomic E-state index is -0.498. The molecule has 3 aliphatic carbocycles. The second kappa shape index (κ2) is 8.14. The molecule has 4 fully saturated rings. The van der Waals surface area contributed by atoms with E-state index in [0.29, 0.717) is 12.0 Å². The second-order valence-corrected chi connectivity index (χ2v) is 9.44. The summed E-state index contributed by atoms with van der Waals surface area (Å²) in [6.07, 6.45) is 13.8. The maximum absolute atomic E-state index is 11.5. The number of piperidine rings is 1. The topological polar surface area (TPSA) is 55.6 Å². The van der Waals surface area contributed by atoms with Gasteiger partial charge in [-0.25, -0.2) is 0 Å². The Morgan fingerprint density at radius 3 is 2.12 bits per heavy atom. The van der Waals surface area contributed by atoms with E-state index in [1.165, 1.54) is 70.9 Å². The molecule has 4 aliphatic rings. The lowest BCUT2D eigenvalue weighted by Gasteiger charge is -2.47. The summed E-state index contributed by atoms with van der Waals surface area (Å²) in [5.74, 6) is 3.15. The van der Waals surface area contributed by atoms with Gasteiger partial charge < -0.3 is 4.74 Å². The molecule has 148 valence electrons. The van der Waals surface area contributed by atoms with Crippen molar-refractivity contribution in [2.75, 3.05) is 20.2 Å². The minimum absolute atomic E-state index is 0.0743. The summed E-state index contributed by atoms with van der Waals surface area (Å²) in [4.78, 5) is 14.1. The maximum atomic E-state index is 11.5. The summed E-state index contributed by atoms with van der Waals surface area (Å²) in [5, 5.41) is 11.5. The second-order valence-electron chi connectivity index (χ2n) is 9.44. The Balaban J connectivity index is 1.38. The van der Waals surface area contributed by atoms with Crippen molar-refractivity contribution < 1.29 is 9.66 Å². The van der Waals surface area contributed by atoms with Crippen molar-refractivity contribution in [3.63, 3.8) is 0 Å². The fourth-order valence-electron chi connectivity index (χ4n) is 6.41. The fraction of sp³-hybridized carbons (Fsp3) is 1.00. The Morgan fingerprint density at radius 2 is 1.54 bits per heavy atom. The zero-order chi connectivity index (χ0) is 18.1. The van der Waals surface area contributed by atoms with Crippen molar-refractivity contribution >= 4 is 0 Å². The predicted molar refractivity (Wildman–Crippen MR) is 102 cm³/mol. The molecular formula is C21H36N2O3. The molecule has 0 amide bonds. The molecule has 26 heavy (non-hydrogen) atoms. The summed E-state index contributed by atoms with van der Waals surface area (Å²) < 4.78 is 5.58. The molecule has 0 bridgehead atoms. The van der Waals surface area contributed by atoms with Gasteiger partial charge in [-0.3, -0.25) is 15.0 Å². The van der Waals surface area contributed by atoms with Gasteiger partial charge in [0.05, 0.1) is 0 Å². The van der Waals surface area contributed by atoms with Gasteiger partial charge in [0, 0.05) is 24.5 Å². The molecule has 4 atom stereocenters. The van der Waals surface area contributed by atoms with Crippen molar-refractivity contribution in [3.05, 3.63) is 10.1 Å². The van der Waals surface area contributed by atoms with Gasteiger partial charge in [0.15, 0.2) is 0 Å². The Morgan fingerprint density at radius 1 is 0.885 bits per heavy atom. The number of rotatable bonds is 5. The van der Waals surface area contributed by atoms with Crippen LogP contribution in [0.3, 0.4) is 0 Å². The smallest absolute Gasteiger partial charge is 0.239 e. The lowest BCUT2D eigenvalue weighted by molar-refractivity contribution is -0.541. The van der Waals surface area contributed by atoms with Gasteiger partial charge >= 0.3 is 0 Å². The van der Waals surface area contributed by atoms with Crippen LogP contribution in [0.1, 0.15) is 70.6 Å². The normalized spacial score (nSPS) is 38.3. The molecule has 0 aromatic carbocycles. The van der Waals surface area contributed by atoms with E-state index >= 15 is 0 Å². The van der Waals surface area contributed by atoms with Crippen LogP contribution < -0.4 is 0 Å². The average molecular weight is 365 g/mol. The third kappa shape index (κ3) is 3.94. The van der Waals surface area contributed by atoms with Crippen LogP contribution in [0.4, 0.5) is 0 Å². The largest absolute Gasteiger partial charge is 0.374 e. The van der Waals surface area contributed by atoms with Crippen LogP contribution in [0, 0.1) is 33.8 Å². The quantitative estimate of drug-likeness (QED) is 0.544. The van der Waals surface area contributed by atoms with Crippen LogP contribution >= 0.6 is 0 Å². The maximum Gasteiger partial charge on any atom is 0.239 e. The molecule has 1 heterocycles. The van der Waals surface area contributed by atoms with Crippen LogP contribution in [0.2, 0.25) is 0 Å². The van der Waals surface area contributed by atoms with Crippen LogP contribution in [0.5, 0.6) is 0 Å². The molecule has 4 rings (SSSR count). The molecule has 3 saturated carbocycles. The molecule has 1 aliphatic heterocycles. The fourth-order valence-corrected chi connectivity index (χ4v) is 6.41. The Bertz CT molecular complexity index is 482. The molecule has 1 saturated heterocycles. The highest BCUT2D eigenvalue weighted by Gasteiger charge is 2.50. The number of hydrogen-bond acceptors (Lipinski definition) is 4.